The Morgan fingerprint density at radius 2 is 1.74 bits per heavy atom. The molecule has 1 aliphatic heterocycles. The van der Waals surface area contributed by atoms with Gasteiger partial charge in [-0.1, -0.05) is 42.5 Å². The Kier molecular flexibility index (Phi) is 2.78. The van der Waals surface area contributed by atoms with Gasteiger partial charge in [0.15, 0.2) is 0 Å². The molecule has 2 atom stereocenters. The molecule has 2 fully saturated rings. The van der Waals surface area contributed by atoms with Gasteiger partial charge in [0.05, 0.1) is 13.2 Å². The summed E-state index contributed by atoms with van der Waals surface area (Å²) in [4.78, 5) is 2.60. The van der Waals surface area contributed by atoms with Gasteiger partial charge in [-0.05, 0) is 22.8 Å². The maximum absolute atomic E-state index is 5.43. The first-order chi connectivity index (χ1) is 9.42. The van der Waals surface area contributed by atoms with E-state index in [0.29, 0.717) is 0 Å². The van der Waals surface area contributed by atoms with Crippen LogP contribution in [-0.2, 0) is 4.74 Å². The molecule has 2 unspecified atom stereocenters. The van der Waals surface area contributed by atoms with Crippen LogP contribution in [0.15, 0.2) is 42.5 Å². The normalized spacial score (nSPS) is 27.6. The highest BCUT2D eigenvalue weighted by molar-refractivity contribution is 5.83. The van der Waals surface area contributed by atoms with Gasteiger partial charge >= 0.3 is 0 Å². The molecule has 2 aromatic carbocycles. The topological polar surface area (TPSA) is 12.5 Å². The lowest BCUT2D eigenvalue weighted by Gasteiger charge is -2.27. The standard InChI is InChI=1S/C17H19NO/c1-2-4-14-11-15(6-5-13(14)3-1)16-12-17(16)18-7-9-19-10-8-18/h1-6,11,16-17H,7-10,12H2. The summed E-state index contributed by atoms with van der Waals surface area (Å²) in [6.07, 6.45) is 1.32. The predicted molar refractivity (Wildman–Crippen MR) is 77.5 cm³/mol. The molecule has 0 radical (unpaired) electrons. The highest BCUT2D eigenvalue weighted by Crippen LogP contribution is 2.45. The Morgan fingerprint density at radius 3 is 2.58 bits per heavy atom. The monoisotopic (exact) mass is 253 g/mol. The molecule has 2 aliphatic rings. The molecule has 4 rings (SSSR count). The molecule has 1 aliphatic carbocycles. The van der Waals surface area contributed by atoms with E-state index in [-0.39, 0.29) is 0 Å². The van der Waals surface area contributed by atoms with Crippen LogP contribution >= 0.6 is 0 Å². The Hall–Kier alpha value is -1.38. The number of morpholine rings is 1. The summed E-state index contributed by atoms with van der Waals surface area (Å²) in [6, 6.07) is 16.3. The molecule has 0 bridgehead atoms. The van der Waals surface area contributed by atoms with Gasteiger partial charge in [0.1, 0.15) is 0 Å². The number of hydrogen-bond acceptors (Lipinski definition) is 2. The van der Waals surface area contributed by atoms with E-state index in [9.17, 15) is 0 Å². The minimum absolute atomic E-state index is 0.739. The largest absolute Gasteiger partial charge is 0.379 e. The van der Waals surface area contributed by atoms with Crippen molar-refractivity contribution >= 4 is 10.8 Å². The fourth-order valence-electron chi connectivity index (χ4n) is 3.29. The highest BCUT2D eigenvalue weighted by atomic mass is 16.5. The van der Waals surface area contributed by atoms with E-state index < -0.39 is 0 Å². The third kappa shape index (κ3) is 2.15. The van der Waals surface area contributed by atoms with Gasteiger partial charge < -0.3 is 4.74 Å². The first-order valence-electron chi connectivity index (χ1n) is 7.22. The Bertz CT molecular complexity index is 589. The molecule has 1 heterocycles. The molecule has 98 valence electrons. The number of ether oxygens (including phenoxy) is 1. The van der Waals surface area contributed by atoms with Crippen LogP contribution in [0.5, 0.6) is 0 Å². The van der Waals surface area contributed by atoms with E-state index >= 15 is 0 Å². The van der Waals surface area contributed by atoms with Gasteiger partial charge in [0.25, 0.3) is 0 Å². The molecule has 1 saturated heterocycles. The molecule has 2 heteroatoms. The summed E-state index contributed by atoms with van der Waals surface area (Å²) in [5.74, 6) is 0.739. The van der Waals surface area contributed by atoms with Crippen molar-refractivity contribution in [2.75, 3.05) is 26.3 Å². The Balaban J connectivity index is 1.55. The quantitative estimate of drug-likeness (QED) is 0.815. The van der Waals surface area contributed by atoms with Crippen molar-refractivity contribution in [3.05, 3.63) is 48.0 Å². The van der Waals surface area contributed by atoms with Gasteiger partial charge in [0.2, 0.25) is 0 Å². The first-order valence-corrected chi connectivity index (χ1v) is 7.22. The lowest BCUT2D eigenvalue weighted by atomic mass is 10.0. The van der Waals surface area contributed by atoms with Crippen LogP contribution in [0.1, 0.15) is 17.9 Å². The fourth-order valence-corrected chi connectivity index (χ4v) is 3.29. The molecule has 2 nitrogen and oxygen atoms in total. The minimum Gasteiger partial charge on any atom is -0.379 e. The van der Waals surface area contributed by atoms with Gasteiger partial charge in [-0.2, -0.15) is 0 Å². The molecule has 19 heavy (non-hydrogen) atoms. The second-order valence-electron chi connectivity index (χ2n) is 5.66. The van der Waals surface area contributed by atoms with Crippen molar-refractivity contribution in [3.63, 3.8) is 0 Å². The number of fused-ring (bicyclic) bond motifs is 1. The van der Waals surface area contributed by atoms with Gasteiger partial charge in [-0.15, -0.1) is 0 Å². The van der Waals surface area contributed by atoms with Crippen LogP contribution in [-0.4, -0.2) is 37.2 Å². The summed E-state index contributed by atoms with van der Waals surface area (Å²) < 4.78 is 5.43. The Morgan fingerprint density at radius 1 is 0.947 bits per heavy atom. The van der Waals surface area contributed by atoms with Crippen molar-refractivity contribution < 1.29 is 4.74 Å². The molecule has 0 aromatic heterocycles. The molecule has 2 aromatic rings. The number of rotatable bonds is 2. The van der Waals surface area contributed by atoms with Gasteiger partial charge in [0, 0.05) is 25.0 Å². The smallest absolute Gasteiger partial charge is 0.0594 e. The lowest BCUT2D eigenvalue weighted by Crippen LogP contribution is -2.38. The zero-order valence-electron chi connectivity index (χ0n) is 11.1. The highest BCUT2D eigenvalue weighted by Gasteiger charge is 2.42. The maximum Gasteiger partial charge on any atom is 0.0594 e. The average molecular weight is 253 g/mol. The predicted octanol–water partition coefficient (Wildman–Crippen LogP) is 3.03. The zero-order valence-corrected chi connectivity index (χ0v) is 11.1. The van der Waals surface area contributed by atoms with Crippen LogP contribution < -0.4 is 0 Å². The van der Waals surface area contributed by atoms with Gasteiger partial charge in [-0.25, -0.2) is 0 Å². The Labute approximate surface area is 114 Å². The number of benzene rings is 2. The summed E-state index contributed by atoms with van der Waals surface area (Å²) in [7, 11) is 0. The van der Waals surface area contributed by atoms with E-state index in [2.05, 4.69) is 47.4 Å². The van der Waals surface area contributed by atoms with Crippen molar-refractivity contribution in [1.82, 2.24) is 4.90 Å². The van der Waals surface area contributed by atoms with Crippen LogP contribution in [0.4, 0.5) is 0 Å². The summed E-state index contributed by atoms with van der Waals surface area (Å²) in [5.41, 5.74) is 1.51. The van der Waals surface area contributed by atoms with E-state index in [1.165, 1.54) is 22.8 Å². The minimum atomic E-state index is 0.739. The lowest BCUT2D eigenvalue weighted by molar-refractivity contribution is 0.0331. The first kappa shape index (κ1) is 11.4. The SMILES string of the molecule is c1ccc2cc(C3CC3N3CCOCC3)ccc2c1. The third-order valence-electron chi connectivity index (χ3n) is 4.47. The molecule has 0 N–H and O–H groups in total. The van der Waals surface area contributed by atoms with Crippen LogP contribution in [0, 0.1) is 0 Å². The molecular weight excluding hydrogens is 234 g/mol. The number of hydrogen-bond donors (Lipinski definition) is 0. The van der Waals surface area contributed by atoms with E-state index in [1.54, 1.807) is 0 Å². The van der Waals surface area contributed by atoms with Crippen LogP contribution in [0.3, 0.4) is 0 Å². The van der Waals surface area contributed by atoms with Crippen molar-refractivity contribution in [3.8, 4) is 0 Å². The zero-order chi connectivity index (χ0) is 12.7. The maximum atomic E-state index is 5.43. The second kappa shape index (κ2) is 4.62. The fraction of sp³-hybridized carbons (Fsp3) is 0.412. The second-order valence-corrected chi connectivity index (χ2v) is 5.66. The molecule has 0 spiro atoms. The molecular formula is C17H19NO. The van der Waals surface area contributed by atoms with E-state index in [0.717, 1.165) is 38.3 Å². The average Bonchev–Trinajstić information content (AvgIpc) is 3.28. The molecule has 0 amide bonds. The van der Waals surface area contributed by atoms with Crippen molar-refractivity contribution in [1.29, 1.82) is 0 Å². The van der Waals surface area contributed by atoms with Gasteiger partial charge in [-0.3, -0.25) is 4.90 Å². The third-order valence-corrected chi connectivity index (χ3v) is 4.47. The van der Waals surface area contributed by atoms with Crippen molar-refractivity contribution in [2.45, 2.75) is 18.4 Å². The summed E-state index contributed by atoms with van der Waals surface area (Å²) in [5, 5.41) is 2.71. The van der Waals surface area contributed by atoms with Crippen LogP contribution in [0.25, 0.3) is 10.8 Å². The van der Waals surface area contributed by atoms with Crippen LogP contribution in [0.2, 0.25) is 0 Å². The number of nitrogens with zero attached hydrogens (tertiary/aromatic N) is 1. The van der Waals surface area contributed by atoms with E-state index in [1.807, 2.05) is 0 Å². The van der Waals surface area contributed by atoms with E-state index in [4.69, 9.17) is 4.74 Å². The van der Waals surface area contributed by atoms with Crippen molar-refractivity contribution in [2.24, 2.45) is 0 Å². The summed E-state index contributed by atoms with van der Waals surface area (Å²) >= 11 is 0. The molecule has 1 saturated carbocycles. The summed E-state index contributed by atoms with van der Waals surface area (Å²) in [6.45, 7) is 4.02.